The number of Topliss-reactive ketones (excluding diaryl/α,β-unsaturated/α-hetero) is 1. The van der Waals surface area contributed by atoms with Crippen molar-refractivity contribution in [2.24, 2.45) is 11.7 Å². The van der Waals surface area contributed by atoms with E-state index in [-0.39, 0.29) is 23.5 Å². The summed E-state index contributed by atoms with van der Waals surface area (Å²) < 4.78 is 0. The SMILES string of the molecule is Cc1cc(C)c(C(=O)CCCC(=O)N2CCC(C(N)=O)CC2)c(C)c1. The number of ketones is 1. The Morgan fingerprint density at radius 1 is 1.04 bits per heavy atom. The van der Waals surface area contributed by atoms with Crippen molar-refractivity contribution in [1.29, 1.82) is 0 Å². The van der Waals surface area contributed by atoms with E-state index in [4.69, 9.17) is 5.73 Å². The van der Waals surface area contributed by atoms with Gasteiger partial charge in [-0.2, -0.15) is 0 Å². The maximum Gasteiger partial charge on any atom is 0.222 e. The average molecular weight is 344 g/mol. The fourth-order valence-electron chi connectivity index (χ4n) is 3.72. The van der Waals surface area contributed by atoms with Crippen molar-refractivity contribution in [3.8, 4) is 0 Å². The highest BCUT2D eigenvalue weighted by Gasteiger charge is 2.25. The normalized spacial score (nSPS) is 15.2. The number of likely N-dealkylation sites (tertiary alicyclic amines) is 1. The standard InChI is InChI=1S/C20H28N2O3/c1-13-11-14(2)19(15(3)12-13)17(23)5-4-6-18(24)22-9-7-16(8-10-22)20(21)25/h11-12,16H,4-10H2,1-3H3,(H2,21,25). The van der Waals surface area contributed by atoms with E-state index in [1.807, 2.05) is 32.9 Å². The molecule has 5 nitrogen and oxygen atoms in total. The Morgan fingerprint density at radius 3 is 2.12 bits per heavy atom. The molecule has 0 unspecified atom stereocenters. The smallest absolute Gasteiger partial charge is 0.222 e. The Kier molecular flexibility index (Phi) is 6.34. The van der Waals surface area contributed by atoms with Crippen molar-refractivity contribution < 1.29 is 14.4 Å². The summed E-state index contributed by atoms with van der Waals surface area (Å²) in [7, 11) is 0. The minimum atomic E-state index is -0.276. The van der Waals surface area contributed by atoms with E-state index in [0.717, 1.165) is 22.3 Å². The quantitative estimate of drug-likeness (QED) is 0.806. The van der Waals surface area contributed by atoms with Crippen molar-refractivity contribution >= 4 is 17.6 Å². The summed E-state index contributed by atoms with van der Waals surface area (Å²) in [5, 5.41) is 0. The van der Waals surface area contributed by atoms with Crippen LogP contribution in [0.1, 0.15) is 59.2 Å². The molecule has 0 bridgehead atoms. The maximum atomic E-state index is 12.5. The lowest BCUT2D eigenvalue weighted by atomic mass is 9.94. The zero-order valence-electron chi connectivity index (χ0n) is 15.4. The van der Waals surface area contributed by atoms with Crippen LogP contribution in [-0.4, -0.2) is 35.6 Å². The number of piperidine rings is 1. The van der Waals surface area contributed by atoms with Gasteiger partial charge in [0, 0.05) is 37.4 Å². The molecule has 1 aromatic rings. The van der Waals surface area contributed by atoms with Gasteiger partial charge in [0.2, 0.25) is 11.8 Å². The van der Waals surface area contributed by atoms with E-state index in [1.165, 1.54) is 0 Å². The zero-order chi connectivity index (χ0) is 18.6. The maximum absolute atomic E-state index is 12.5. The Morgan fingerprint density at radius 2 is 1.60 bits per heavy atom. The highest BCUT2D eigenvalue weighted by Crippen LogP contribution is 2.20. The number of benzene rings is 1. The molecule has 0 radical (unpaired) electrons. The molecule has 5 heteroatoms. The lowest BCUT2D eigenvalue weighted by Crippen LogP contribution is -2.41. The lowest BCUT2D eigenvalue weighted by Gasteiger charge is -2.30. The molecular formula is C20H28N2O3. The number of carbonyl (C=O) groups excluding carboxylic acids is 3. The first-order chi connectivity index (χ1) is 11.8. The number of nitrogens with two attached hydrogens (primary N) is 1. The van der Waals surface area contributed by atoms with Gasteiger partial charge in [0.25, 0.3) is 0 Å². The van der Waals surface area contributed by atoms with Crippen LogP contribution in [0, 0.1) is 26.7 Å². The average Bonchev–Trinajstić information content (AvgIpc) is 2.53. The molecule has 1 aromatic carbocycles. The minimum Gasteiger partial charge on any atom is -0.369 e. The predicted octanol–water partition coefficient (Wildman–Crippen LogP) is 2.69. The fraction of sp³-hybridized carbons (Fsp3) is 0.550. The first-order valence-electron chi connectivity index (χ1n) is 8.97. The van der Waals surface area contributed by atoms with Crippen molar-refractivity contribution in [1.82, 2.24) is 4.90 Å². The van der Waals surface area contributed by atoms with E-state index in [2.05, 4.69) is 0 Å². The van der Waals surface area contributed by atoms with Crippen LogP contribution in [0.5, 0.6) is 0 Å². The lowest BCUT2D eigenvalue weighted by molar-refractivity contribution is -0.134. The fourth-order valence-corrected chi connectivity index (χ4v) is 3.72. The third kappa shape index (κ3) is 4.91. The second-order valence-electron chi connectivity index (χ2n) is 7.11. The number of aryl methyl sites for hydroxylation is 3. The number of hydrogen-bond donors (Lipinski definition) is 1. The van der Waals surface area contributed by atoms with Gasteiger partial charge in [-0.3, -0.25) is 14.4 Å². The van der Waals surface area contributed by atoms with E-state index in [1.54, 1.807) is 4.90 Å². The first-order valence-corrected chi connectivity index (χ1v) is 8.97. The number of carbonyl (C=O) groups is 3. The van der Waals surface area contributed by atoms with E-state index in [9.17, 15) is 14.4 Å². The van der Waals surface area contributed by atoms with Crippen LogP contribution < -0.4 is 5.73 Å². The highest BCUT2D eigenvalue weighted by molar-refractivity contribution is 5.99. The molecule has 1 saturated heterocycles. The third-order valence-electron chi connectivity index (χ3n) is 5.00. The molecule has 25 heavy (non-hydrogen) atoms. The van der Waals surface area contributed by atoms with E-state index < -0.39 is 0 Å². The molecule has 2 amide bonds. The minimum absolute atomic E-state index is 0.0630. The van der Waals surface area contributed by atoms with Gasteiger partial charge >= 0.3 is 0 Å². The Hall–Kier alpha value is -2.17. The molecule has 0 spiro atoms. The number of nitrogens with zero attached hydrogens (tertiary/aromatic N) is 1. The molecule has 1 aliphatic heterocycles. The van der Waals surface area contributed by atoms with Gasteiger partial charge in [0.05, 0.1) is 0 Å². The second kappa shape index (κ2) is 8.28. The molecule has 1 aliphatic rings. The van der Waals surface area contributed by atoms with Crippen LogP contribution >= 0.6 is 0 Å². The molecule has 2 N–H and O–H groups in total. The zero-order valence-corrected chi connectivity index (χ0v) is 15.4. The predicted molar refractivity (Wildman–Crippen MR) is 97.3 cm³/mol. The molecule has 1 fully saturated rings. The molecule has 0 saturated carbocycles. The Balaban J connectivity index is 1.82. The third-order valence-corrected chi connectivity index (χ3v) is 5.00. The van der Waals surface area contributed by atoms with Gasteiger partial charge in [-0.1, -0.05) is 17.7 Å². The van der Waals surface area contributed by atoms with Crippen LogP contribution in [-0.2, 0) is 9.59 Å². The molecule has 136 valence electrons. The monoisotopic (exact) mass is 344 g/mol. The van der Waals surface area contributed by atoms with Gasteiger partial charge in [-0.25, -0.2) is 0 Å². The van der Waals surface area contributed by atoms with E-state index in [0.29, 0.717) is 45.2 Å². The molecule has 1 heterocycles. The Labute approximate surface area is 149 Å². The van der Waals surface area contributed by atoms with Gasteiger partial charge in [0.15, 0.2) is 5.78 Å². The van der Waals surface area contributed by atoms with Crippen LogP contribution in [0.15, 0.2) is 12.1 Å². The number of amides is 2. The first kappa shape index (κ1) is 19.2. The van der Waals surface area contributed by atoms with Gasteiger partial charge < -0.3 is 10.6 Å². The van der Waals surface area contributed by atoms with Crippen molar-refractivity contribution in [3.05, 3.63) is 34.4 Å². The number of hydrogen-bond acceptors (Lipinski definition) is 3. The summed E-state index contributed by atoms with van der Waals surface area (Å²) >= 11 is 0. The van der Waals surface area contributed by atoms with Crippen molar-refractivity contribution in [2.75, 3.05) is 13.1 Å². The van der Waals surface area contributed by atoms with Crippen LogP contribution in [0.4, 0.5) is 0 Å². The second-order valence-corrected chi connectivity index (χ2v) is 7.11. The summed E-state index contributed by atoms with van der Waals surface area (Å²) in [6, 6.07) is 4.04. The topological polar surface area (TPSA) is 80.5 Å². The summed E-state index contributed by atoms with van der Waals surface area (Å²) in [5.41, 5.74) is 9.26. The molecule has 0 aromatic heterocycles. The largest absolute Gasteiger partial charge is 0.369 e. The van der Waals surface area contributed by atoms with E-state index >= 15 is 0 Å². The summed E-state index contributed by atoms with van der Waals surface area (Å²) in [6.45, 7) is 7.10. The number of primary amides is 1. The number of rotatable bonds is 6. The van der Waals surface area contributed by atoms with Crippen LogP contribution in [0.25, 0.3) is 0 Å². The summed E-state index contributed by atoms with van der Waals surface area (Å²) in [4.78, 5) is 37.7. The Bertz CT molecular complexity index is 651. The summed E-state index contributed by atoms with van der Waals surface area (Å²) in [5.74, 6) is -0.219. The van der Waals surface area contributed by atoms with Crippen LogP contribution in [0.2, 0.25) is 0 Å². The molecule has 0 atom stereocenters. The van der Waals surface area contributed by atoms with Crippen LogP contribution in [0.3, 0.4) is 0 Å². The van der Waals surface area contributed by atoms with Gasteiger partial charge in [-0.05, 0) is 51.2 Å². The molecule has 0 aliphatic carbocycles. The van der Waals surface area contributed by atoms with Gasteiger partial charge in [0.1, 0.15) is 0 Å². The summed E-state index contributed by atoms with van der Waals surface area (Å²) in [6.07, 6.45) is 2.59. The van der Waals surface area contributed by atoms with Gasteiger partial charge in [-0.15, -0.1) is 0 Å². The molecule has 2 rings (SSSR count). The van der Waals surface area contributed by atoms with Crippen molar-refractivity contribution in [2.45, 2.75) is 52.9 Å². The molecular weight excluding hydrogens is 316 g/mol. The van der Waals surface area contributed by atoms with Crippen molar-refractivity contribution in [3.63, 3.8) is 0 Å². The highest BCUT2D eigenvalue weighted by atomic mass is 16.2.